The van der Waals surface area contributed by atoms with Crippen LogP contribution in [0, 0.1) is 0 Å². The Kier molecular flexibility index (Phi) is 39.1. The molecule has 0 amide bonds. The predicted octanol–water partition coefficient (Wildman–Crippen LogP) is -9.38. The molecule has 48 valence electrons. The molecule has 6 nitrogen and oxygen atoms in total. The zero-order valence-corrected chi connectivity index (χ0v) is 9.87. The van der Waals surface area contributed by atoms with Gasteiger partial charge in [-0.2, -0.15) is 0 Å². The Bertz CT molecular complexity index is 31.2. The van der Waals surface area contributed by atoms with E-state index >= 15 is 0 Å². The first-order valence-corrected chi connectivity index (χ1v) is 1.48. The van der Waals surface area contributed by atoms with E-state index in [0.717, 1.165) is 0 Å². The maximum atomic E-state index is 8.42. The Morgan fingerprint density at radius 3 is 0.900 bits per heavy atom. The van der Waals surface area contributed by atoms with Crippen LogP contribution in [0.1, 0.15) is 0 Å². The molecule has 0 radical (unpaired) electrons. The second-order valence-electron chi connectivity index (χ2n) is 0.635. The van der Waals surface area contributed by atoms with Gasteiger partial charge in [-0.1, -0.05) is 0 Å². The molecule has 3 N–H and O–H groups in total. The number of rotatable bonds is 0. The summed E-state index contributed by atoms with van der Waals surface area (Å²) in [4.78, 5) is 0. The summed E-state index contributed by atoms with van der Waals surface area (Å²) < 4.78 is 0. The van der Waals surface area contributed by atoms with Crippen molar-refractivity contribution >= 4 is 63.5 Å². The van der Waals surface area contributed by atoms with Gasteiger partial charge in [-0.05, 0) is 0 Å². The van der Waals surface area contributed by atoms with Crippen LogP contribution in [0.5, 0.6) is 0 Å². The van der Waals surface area contributed by atoms with Crippen molar-refractivity contribution in [3.63, 3.8) is 0 Å². The maximum absolute atomic E-state index is 8.42. The summed E-state index contributed by atoms with van der Waals surface area (Å²) in [6.07, 6.45) is 0. The molecular weight excluding hydrogens is 262 g/mol. The van der Waals surface area contributed by atoms with Crippen LogP contribution in [0.3, 0.4) is 0 Å². The molecule has 0 heterocycles. The van der Waals surface area contributed by atoms with Crippen molar-refractivity contribution in [2.24, 2.45) is 0 Å². The molecule has 0 aromatic carbocycles. The number of hydrogen-bond donors (Lipinski definition) is 3. The second-order valence-corrected chi connectivity index (χ2v) is 0.635. The molecule has 10 heteroatoms. The molecule has 0 saturated carbocycles. The van der Waals surface area contributed by atoms with E-state index in [0.29, 0.717) is 0 Å². The zero-order chi connectivity index (χ0) is 7.15. The van der Waals surface area contributed by atoms with Crippen LogP contribution < -0.4 is 33.9 Å². The van der Waals surface area contributed by atoms with Crippen LogP contribution >= 0.6 is 0 Å². The molecule has 0 fully saturated rings. The van der Waals surface area contributed by atoms with Crippen LogP contribution in [-0.2, 0) is 0 Å². The fraction of sp³-hybridized carbons (Fsp3) is 0. The minimum Gasteiger partial charge on any atom is -0.907 e. The second kappa shape index (κ2) is 17.2. The molecule has 0 bridgehead atoms. The monoisotopic (exact) mass is 266 g/mol. The maximum Gasteiger partial charge on any atom is 2.00 e. The average molecular weight is 265 g/mol. The van der Waals surface area contributed by atoms with Gasteiger partial charge < -0.3 is 30.1 Å². The Hall–Kier alpha value is 2.06. The zero-order valence-electron chi connectivity index (χ0n) is 5.43. The normalized spacial score (nSPS) is 5.40. The molecule has 10 heavy (non-hydrogen) atoms. The SMILES string of the molecule is OB(O)O.[Ba+2].[Li+].[O-]B([O-])[O-]. The van der Waals surface area contributed by atoms with Gasteiger partial charge in [0.25, 0.3) is 0 Å². The third-order valence-electron chi connectivity index (χ3n) is 0. The molecule has 0 aliphatic heterocycles. The summed E-state index contributed by atoms with van der Waals surface area (Å²) in [5, 5.41) is 46.7. The fourth-order valence-electron chi connectivity index (χ4n) is 0. The van der Waals surface area contributed by atoms with E-state index < -0.39 is 14.6 Å². The molecule has 0 rings (SSSR count). The molecule has 0 aromatic heterocycles. The third-order valence-corrected chi connectivity index (χ3v) is 0. The minimum absolute atomic E-state index is 0. The number of hydrogen-bond acceptors (Lipinski definition) is 6. The van der Waals surface area contributed by atoms with Crippen LogP contribution in [0.4, 0.5) is 0 Å². The Morgan fingerprint density at radius 1 is 0.900 bits per heavy atom. The summed E-state index contributed by atoms with van der Waals surface area (Å²) in [5.74, 6) is 0. The van der Waals surface area contributed by atoms with Crippen LogP contribution in [0.25, 0.3) is 0 Å². The van der Waals surface area contributed by atoms with E-state index in [1.807, 2.05) is 0 Å². The van der Waals surface area contributed by atoms with Crippen molar-refractivity contribution in [1.29, 1.82) is 0 Å². The van der Waals surface area contributed by atoms with E-state index in [2.05, 4.69) is 0 Å². The molecule has 0 spiro atoms. The molecule has 0 aromatic rings. The standard InChI is InChI=1S/BH3O3.BO3.Ba.Li/c2*2-1(3)4;;/h2-4H;;;/q;-3;+2;+1. The Balaban J connectivity index is -0.0000000300. The topological polar surface area (TPSA) is 130 Å². The smallest absolute Gasteiger partial charge is 0.907 e. The Morgan fingerprint density at radius 2 is 0.900 bits per heavy atom. The van der Waals surface area contributed by atoms with Gasteiger partial charge in [-0.25, -0.2) is 0 Å². The van der Waals surface area contributed by atoms with Crippen LogP contribution in [0.2, 0.25) is 0 Å². The van der Waals surface area contributed by atoms with Gasteiger partial charge >= 0.3 is 75.1 Å². The van der Waals surface area contributed by atoms with Gasteiger partial charge in [0, 0.05) is 0 Å². The van der Waals surface area contributed by atoms with Gasteiger partial charge in [0.15, 0.2) is 0 Å². The van der Waals surface area contributed by atoms with Gasteiger partial charge in [0.1, 0.15) is 0 Å². The van der Waals surface area contributed by atoms with Crippen molar-refractivity contribution in [2.75, 3.05) is 0 Å². The molecule has 0 saturated heterocycles. The minimum atomic E-state index is -2.92. The van der Waals surface area contributed by atoms with Gasteiger partial charge in [0.05, 0.1) is 0 Å². The van der Waals surface area contributed by atoms with E-state index in [-0.39, 0.29) is 67.7 Å². The summed E-state index contributed by atoms with van der Waals surface area (Å²) in [6.45, 7) is 0. The fourth-order valence-corrected chi connectivity index (χ4v) is 0. The van der Waals surface area contributed by atoms with E-state index in [1.54, 1.807) is 0 Å². The van der Waals surface area contributed by atoms with Crippen molar-refractivity contribution < 1.29 is 49.0 Å². The van der Waals surface area contributed by atoms with Crippen LogP contribution in [-0.4, -0.2) is 78.6 Å². The van der Waals surface area contributed by atoms with Crippen molar-refractivity contribution in [3.05, 3.63) is 0 Å². The van der Waals surface area contributed by atoms with Crippen molar-refractivity contribution in [3.8, 4) is 0 Å². The van der Waals surface area contributed by atoms with Crippen molar-refractivity contribution in [1.82, 2.24) is 0 Å². The molecule has 0 unspecified atom stereocenters. The van der Waals surface area contributed by atoms with E-state index in [1.165, 1.54) is 0 Å². The first-order valence-electron chi connectivity index (χ1n) is 1.48. The quantitative estimate of drug-likeness (QED) is 0.373. The molecular formula is H3B2BaLiO6. The van der Waals surface area contributed by atoms with Gasteiger partial charge in [-0.3, -0.25) is 7.32 Å². The van der Waals surface area contributed by atoms with Crippen LogP contribution in [0.15, 0.2) is 0 Å². The predicted molar refractivity (Wildman–Crippen MR) is 23.9 cm³/mol. The third kappa shape index (κ3) is 195. The first-order chi connectivity index (χ1) is 3.46. The first kappa shape index (κ1) is 22.7. The summed E-state index contributed by atoms with van der Waals surface area (Å²) in [6, 6.07) is 0. The average Bonchev–Trinajstić information content (AvgIpc) is 1.25. The molecule has 0 aliphatic rings. The summed E-state index contributed by atoms with van der Waals surface area (Å²) >= 11 is 0. The van der Waals surface area contributed by atoms with Gasteiger partial charge in [0.2, 0.25) is 0 Å². The Labute approximate surface area is 111 Å². The molecule has 0 atom stereocenters. The van der Waals surface area contributed by atoms with Gasteiger partial charge in [-0.15, -0.1) is 0 Å². The summed E-state index contributed by atoms with van der Waals surface area (Å²) in [7, 11) is -5.08. The van der Waals surface area contributed by atoms with Crippen molar-refractivity contribution in [2.45, 2.75) is 0 Å². The largest absolute Gasteiger partial charge is 2.00 e. The molecule has 0 aliphatic carbocycles. The van der Waals surface area contributed by atoms with E-state index in [9.17, 15) is 0 Å². The summed E-state index contributed by atoms with van der Waals surface area (Å²) in [5.41, 5.74) is 0. The van der Waals surface area contributed by atoms with E-state index in [4.69, 9.17) is 30.1 Å².